The van der Waals surface area contributed by atoms with Crippen LogP contribution < -0.4 is 0 Å². The van der Waals surface area contributed by atoms with Crippen molar-refractivity contribution in [3.63, 3.8) is 0 Å². The molecule has 0 fully saturated rings. The molecule has 1 aromatic rings. The fraction of sp³-hybridized carbons (Fsp3) is 0.333. The maximum atomic E-state index is 2.30. The molecule has 0 heterocycles. The van der Waals surface area contributed by atoms with Crippen LogP contribution in [0.2, 0.25) is 0 Å². The van der Waals surface area contributed by atoms with Crippen molar-refractivity contribution in [2.75, 3.05) is 0 Å². The van der Waals surface area contributed by atoms with E-state index in [1.807, 2.05) is 0 Å². The number of benzene rings is 1. The Morgan fingerprint density at radius 2 is 1.73 bits per heavy atom. The van der Waals surface area contributed by atoms with Crippen LogP contribution in [0.4, 0.5) is 0 Å². The summed E-state index contributed by atoms with van der Waals surface area (Å²) < 4.78 is 0. The Hall–Kier alpha value is -1.30. The summed E-state index contributed by atoms with van der Waals surface area (Å²) in [5.41, 5.74) is 6.18. The molecular weight excluding hydrogens is 180 g/mol. The molecule has 3 rings (SSSR count). The summed E-state index contributed by atoms with van der Waals surface area (Å²) in [6.07, 6.45) is 5.81. The van der Waals surface area contributed by atoms with Crippen LogP contribution in [-0.4, -0.2) is 0 Å². The molecule has 1 aromatic carbocycles. The Morgan fingerprint density at radius 1 is 1.00 bits per heavy atom. The summed E-state index contributed by atoms with van der Waals surface area (Å²) in [6.45, 7) is 4.54. The summed E-state index contributed by atoms with van der Waals surface area (Å²) in [7, 11) is 0. The number of fused-ring (bicyclic) bond motifs is 3. The maximum Gasteiger partial charge on any atom is 0.0120 e. The van der Waals surface area contributed by atoms with Gasteiger partial charge in [0.1, 0.15) is 0 Å². The zero-order valence-electron chi connectivity index (χ0n) is 9.33. The van der Waals surface area contributed by atoms with Crippen LogP contribution >= 0.6 is 0 Å². The molecule has 2 aliphatic rings. The van der Waals surface area contributed by atoms with E-state index in [4.69, 9.17) is 0 Å². The minimum Gasteiger partial charge on any atom is -0.0690 e. The molecule has 2 atom stereocenters. The highest BCUT2D eigenvalue weighted by molar-refractivity contribution is 5.47. The second-order valence-corrected chi connectivity index (χ2v) is 4.81. The molecule has 0 saturated carbocycles. The molecule has 0 amide bonds. The molecule has 0 spiro atoms. The van der Waals surface area contributed by atoms with E-state index in [9.17, 15) is 0 Å². The predicted octanol–water partition coefficient (Wildman–Crippen LogP) is 3.85. The van der Waals surface area contributed by atoms with Gasteiger partial charge in [0.05, 0.1) is 0 Å². The molecule has 0 radical (unpaired) electrons. The monoisotopic (exact) mass is 196 g/mol. The highest BCUT2D eigenvalue weighted by Crippen LogP contribution is 2.47. The summed E-state index contributed by atoms with van der Waals surface area (Å²) in [5.74, 6) is 1.39. The third-order valence-electron chi connectivity index (χ3n) is 3.92. The summed E-state index contributed by atoms with van der Waals surface area (Å²) in [4.78, 5) is 0. The number of rotatable bonds is 0. The third kappa shape index (κ3) is 1.21. The lowest BCUT2D eigenvalue weighted by Crippen LogP contribution is -2.13. The lowest BCUT2D eigenvalue weighted by atomic mass is 9.79. The van der Waals surface area contributed by atoms with Gasteiger partial charge in [0.2, 0.25) is 0 Å². The smallest absolute Gasteiger partial charge is 0.0120 e. The summed E-state index contributed by atoms with van der Waals surface area (Å²) in [5, 5.41) is 0. The third-order valence-corrected chi connectivity index (χ3v) is 3.92. The van der Waals surface area contributed by atoms with E-state index < -0.39 is 0 Å². The van der Waals surface area contributed by atoms with E-state index >= 15 is 0 Å². The lowest BCUT2D eigenvalue weighted by molar-refractivity contribution is 0.569. The normalized spacial score (nSPS) is 27.9. The van der Waals surface area contributed by atoms with E-state index in [1.165, 1.54) is 12.0 Å². The largest absolute Gasteiger partial charge is 0.0690 e. The Balaban J connectivity index is 2.15. The SMILES string of the molecule is CC1=CC=C(C)C2c3ccccc3CC12. The van der Waals surface area contributed by atoms with Crippen molar-refractivity contribution < 1.29 is 0 Å². The fourth-order valence-corrected chi connectivity index (χ4v) is 3.07. The van der Waals surface area contributed by atoms with Crippen LogP contribution in [0, 0.1) is 5.92 Å². The van der Waals surface area contributed by atoms with Gasteiger partial charge >= 0.3 is 0 Å². The Bertz CT molecular complexity index is 463. The first-order valence-corrected chi connectivity index (χ1v) is 5.70. The minimum atomic E-state index is 0.659. The first kappa shape index (κ1) is 8.96. The van der Waals surface area contributed by atoms with Gasteiger partial charge in [0, 0.05) is 5.92 Å². The van der Waals surface area contributed by atoms with Crippen molar-refractivity contribution >= 4 is 0 Å². The van der Waals surface area contributed by atoms with E-state index in [2.05, 4.69) is 50.3 Å². The molecule has 0 aromatic heterocycles. The van der Waals surface area contributed by atoms with Crippen molar-refractivity contribution in [2.45, 2.75) is 26.2 Å². The van der Waals surface area contributed by atoms with Gasteiger partial charge in [-0.3, -0.25) is 0 Å². The summed E-state index contributed by atoms with van der Waals surface area (Å²) in [6, 6.07) is 8.92. The molecule has 0 aliphatic heterocycles. The van der Waals surface area contributed by atoms with Gasteiger partial charge in [0.15, 0.2) is 0 Å². The minimum absolute atomic E-state index is 0.659. The number of hydrogen-bond acceptors (Lipinski definition) is 0. The Morgan fingerprint density at radius 3 is 2.60 bits per heavy atom. The fourth-order valence-electron chi connectivity index (χ4n) is 3.07. The second kappa shape index (κ2) is 3.10. The zero-order chi connectivity index (χ0) is 10.4. The van der Waals surface area contributed by atoms with Crippen LogP contribution in [0.5, 0.6) is 0 Å². The average molecular weight is 196 g/mol. The quantitative estimate of drug-likeness (QED) is 0.591. The molecule has 0 nitrogen and oxygen atoms in total. The molecule has 0 saturated heterocycles. The van der Waals surface area contributed by atoms with Gasteiger partial charge in [-0.1, -0.05) is 47.6 Å². The van der Waals surface area contributed by atoms with Crippen LogP contribution in [0.1, 0.15) is 30.9 Å². The van der Waals surface area contributed by atoms with E-state index in [0.717, 1.165) is 5.92 Å². The topological polar surface area (TPSA) is 0 Å². The standard InChI is InChI=1S/C15H16/c1-10-7-8-11(2)15-13-6-4-3-5-12(13)9-14(10)15/h3-8,14-15H,9H2,1-2H3. The van der Waals surface area contributed by atoms with Gasteiger partial charge in [0.25, 0.3) is 0 Å². The van der Waals surface area contributed by atoms with Crippen molar-refractivity contribution in [3.8, 4) is 0 Å². The van der Waals surface area contributed by atoms with Crippen LogP contribution in [0.3, 0.4) is 0 Å². The lowest BCUT2D eigenvalue weighted by Gasteiger charge is -2.25. The number of hydrogen-bond donors (Lipinski definition) is 0. The number of allylic oxidation sites excluding steroid dienone is 4. The molecular formula is C15H16. The second-order valence-electron chi connectivity index (χ2n) is 4.81. The Labute approximate surface area is 91.3 Å². The molecule has 0 N–H and O–H groups in total. The molecule has 15 heavy (non-hydrogen) atoms. The predicted molar refractivity (Wildman–Crippen MR) is 63.9 cm³/mol. The van der Waals surface area contributed by atoms with E-state index in [-0.39, 0.29) is 0 Å². The van der Waals surface area contributed by atoms with Crippen LogP contribution in [0.15, 0.2) is 47.6 Å². The van der Waals surface area contributed by atoms with Crippen LogP contribution in [0.25, 0.3) is 0 Å². The first-order valence-electron chi connectivity index (χ1n) is 5.70. The molecule has 0 heteroatoms. The summed E-state index contributed by atoms with van der Waals surface area (Å²) >= 11 is 0. The highest BCUT2D eigenvalue weighted by atomic mass is 14.4. The molecule has 2 aliphatic carbocycles. The highest BCUT2D eigenvalue weighted by Gasteiger charge is 2.35. The first-order chi connectivity index (χ1) is 7.27. The van der Waals surface area contributed by atoms with E-state index in [1.54, 1.807) is 16.7 Å². The van der Waals surface area contributed by atoms with Crippen molar-refractivity contribution in [1.82, 2.24) is 0 Å². The van der Waals surface area contributed by atoms with Crippen molar-refractivity contribution in [2.24, 2.45) is 5.92 Å². The Kier molecular flexibility index (Phi) is 1.85. The van der Waals surface area contributed by atoms with Gasteiger partial charge in [-0.25, -0.2) is 0 Å². The zero-order valence-corrected chi connectivity index (χ0v) is 9.33. The molecule has 76 valence electrons. The molecule has 2 unspecified atom stereocenters. The van der Waals surface area contributed by atoms with Crippen LogP contribution in [-0.2, 0) is 6.42 Å². The van der Waals surface area contributed by atoms with E-state index in [0.29, 0.717) is 5.92 Å². The van der Waals surface area contributed by atoms with Crippen molar-refractivity contribution in [3.05, 3.63) is 58.7 Å². The van der Waals surface area contributed by atoms with Gasteiger partial charge in [-0.05, 0) is 37.3 Å². The molecule has 0 bridgehead atoms. The maximum absolute atomic E-state index is 2.30. The average Bonchev–Trinajstić information content (AvgIpc) is 2.64. The van der Waals surface area contributed by atoms with Gasteiger partial charge in [-0.2, -0.15) is 0 Å². The van der Waals surface area contributed by atoms with Gasteiger partial charge < -0.3 is 0 Å². The van der Waals surface area contributed by atoms with Crippen molar-refractivity contribution in [1.29, 1.82) is 0 Å². The van der Waals surface area contributed by atoms with Gasteiger partial charge in [-0.15, -0.1) is 0 Å².